The summed E-state index contributed by atoms with van der Waals surface area (Å²) in [5.41, 5.74) is 8.03. The van der Waals surface area contributed by atoms with Crippen molar-refractivity contribution >= 4 is 22.5 Å². The number of hydrogen-bond donors (Lipinski definition) is 0. The van der Waals surface area contributed by atoms with Crippen LogP contribution in [0.5, 0.6) is 5.75 Å². The van der Waals surface area contributed by atoms with Crippen LogP contribution in [0.25, 0.3) is 22.0 Å². The van der Waals surface area contributed by atoms with Gasteiger partial charge >= 0.3 is 0 Å². The number of benzene rings is 3. The summed E-state index contributed by atoms with van der Waals surface area (Å²) in [6, 6.07) is 24.4. The fourth-order valence-electron chi connectivity index (χ4n) is 5.00. The van der Waals surface area contributed by atoms with Gasteiger partial charge in [-0.15, -0.1) is 0 Å². The van der Waals surface area contributed by atoms with Crippen LogP contribution >= 0.6 is 0 Å². The fourth-order valence-corrected chi connectivity index (χ4v) is 5.00. The first kappa shape index (κ1) is 24.7. The summed E-state index contributed by atoms with van der Waals surface area (Å²) in [5, 5.41) is 7.55. The number of rotatable bonds is 7. The van der Waals surface area contributed by atoms with E-state index in [9.17, 15) is 4.79 Å². The second kappa shape index (κ2) is 10.5. The third-order valence-electron chi connectivity index (χ3n) is 6.71. The molecule has 188 valence electrons. The molecule has 1 aliphatic rings. The second-order valence-corrected chi connectivity index (χ2v) is 9.27. The summed E-state index contributed by atoms with van der Waals surface area (Å²) < 4.78 is 10.8. The summed E-state index contributed by atoms with van der Waals surface area (Å²) >= 11 is 0. The van der Waals surface area contributed by atoms with Crippen LogP contribution < -0.4 is 4.74 Å². The first-order valence-electron chi connectivity index (χ1n) is 12.6. The monoisotopic (exact) mass is 493 g/mol. The number of fused-ring (bicyclic) bond motifs is 1. The number of hydrogen-bond acceptors (Lipinski definition) is 5. The standard InChI is InChI=1S/C31H31N3O3/c1-5-37-24-16-14-22(15-17-24)28-18-27(33-34(28)29(35)19-36-4)30-21(3)32-26-9-7-6-8-25(26)31(30)23-12-10-20(2)11-13-23/h6-17,28H,5,18-19H2,1-4H3. The quantitative estimate of drug-likeness (QED) is 0.306. The summed E-state index contributed by atoms with van der Waals surface area (Å²) in [6.45, 7) is 6.63. The van der Waals surface area contributed by atoms with Gasteiger partial charge in [-0.2, -0.15) is 5.10 Å². The minimum absolute atomic E-state index is 0.0376. The zero-order valence-corrected chi connectivity index (χ0v) is 21.7. The lowest BCUT2D eigenvalue weighted by atomic mass is 9.89. The van der Waals surface area contributed by atoms with Gasteiger partial charge in [-0.25, -0.2) is 5.01 Å². The molecule has 3 aromatic carbocycles. The van der Waals surface area contributed by atoms with Crippen LogP contribution in [0, 0.1) is 13.8 Å². The molecule has 0 aliphatic carbocycles. The third kappa shape index (κ3) is 4.85. The molecular formula is C31H31N3O3. The van der Waals surface area contributed by atoms with Crippen LogP contribution in [0.2, 0.25) is 0 Å². The molecule has 0 saturated carbocycles. The Hall–Kier alpha value is -4.03. The molecule has 37 heavy (non-hydrogen) atoms. The molecule has 1 aromatic heterocycles. The molecule has 0 fully saturated rings. The maximum Gasteiger partial charge on any atom is 0.269 e. The smallest absolute Gasteiger partial charge is 0.269 e. The van der Waals surface area contributed by atoms with Crippen LogP contribution in [0.15, 0.2) is 77.9 Å². The highest BCUT2D eigenvalue weighted by Gasteiger charge is 2.35. The second-order valence-electron chi connectivity index (χ2n) is 9.27. The van der Waals surface area contributed by atoms with E-state index in [-0.39, 0.29) is 18.6 Å². The SMILES string of the molecule is CCOc1ccc(C2CC(c3c(C)nc4ccccc4c3-c3ccc(C)cc3)=NN2C(=O)COC)cc1. The average molecular weight is 494 g/mol. The van der Waals surface area contributed by atoms with Crippen molar-refractivity contribution in [1.82, 2.24) is 9.99 Å². The van der Waals surface area contributed by atoms with Gasteiger partial charge in [0.05, 0.1) is 23.9 Å². The highest BCUT2D eigenvalue weighted by Crippen LogP contribution is 2.39. The maximum absolute atomic E-state index is 13.1. The molecular weight excluding hydrogens is 462 g/mol. The van der Waals surface area contributed by atoms with Crippen molar-refractivity contribution in [2.24, 2.45) is 5.10 Å². The zero-order chi connectivity index (χ0) is 25.9. The highest BCUT2D eigenvalue weighted by atomic mass is 16.5. The summed E-state index contributed by atoms with van der Waals surface area (Å²) in [5.74, 6) is 0.621. The molecule has 1 unspecified atom stereocenters. The van der Waals surface area contributed by atoms with E-state index in [1.165, 1.54) is 12.7 Å². The molecule has 0 spiro atoms. The van der Waals surface area contributed by atoms with Crippen LogP contribution in [0.1, 0.15) is 41.8 Å². The van der Waals surface area contributed by atoms with Gasteiger partial charge in [-0.05, 0) is 50.1 Å². The van der Waals surface area contributed by atoms with Crippen LogP contribution in [-0.2, 0) is 9.53 Å². The lowest BCUT2D eigenvalue weighted by Crippen LogP contribution is -2.30. The fraction of sp³-hybridized carbons (Fsp3) is 0.258. The number of carbonyl (C=O) groups is 1. The number of nitrogens with zero attached hydrogens (tertiary/aromatic N) is 3. The molecule has 4 aromatic rings. The molecule has 6 nitrogen and oxygen atoms in total. The Balaban J connectivity index is 1.65. The van der Waals surface area contributed by atoms with Gasteiger partial charge in [0.25, 0.3) is 5.91 Å². The molecule has 5 rings (SSSR count). The lowest BCUT2D eigenvalue weighted by Gasteiger charge is -2.22. The number of carbonyl (C=O) groups excluding carboxylic acids is 1. The zero-order valence-electron chi connectivity index (χ0n) is 21.7. The predicted octanol–water partition coefficient (Wildman–Crippen LogP) is 6.24. The van der Waals surface area contributed by atoms with Gasteiger partial charge in [0.1, 0.15) is 12.4 Å². The minimum Gasteiger partial charge on any atom is -0.494 e. The van der Waals surface area contributed by atoms with Gasteiger partial charge in [0.15, 0.2) is 0 Å². The van der Waals surface area contributed by atoms with Gasteiger partial charge < -0.3 is 9.47 Å². The van der Waals surface area contributed by atoms with Gasteiger partial charge in [0.2, 0.25) is 0 Å². The number of aromatic nitrogens is 1. The normalized spacial score (nSPS) is 15.2. The number of methoxy groups -OCH3 is 1. The Morgan fingerprint density at radius 3 is 2.41 bits per heavy atom. The topological polar surface area (TPSA) is 64.0 Å². The Labute approximate surface area is 217 Å². The molecule has 1 amide bonds. The Bertz CT molecular complexity index is 1460. The Morgan fingerprint density at radius 2 is 1.70 bits per heavy atom. The first-order chi connectivity index (χ1) is 18.0. The van der Waals surface area contributed by atoms with Gasteiger partial charge in [-0.1, -0.05) is 60.2 Å². The Morgan fingerprint density at radius 1 is 0.973 bits per heavy atom. The summed E-state index contributed by atoms with van der Waals surface area (Å²) in [7, 11) is 1.53. The first-order valence-corrected chi connectivity index (χ1v) is 12.6. The van der Waals surface area contributed by atoms with Crippen molar-refractivity contribution in [3.05, 3.63) is 95.2 Å². The molecule has 0 saturated heterocycles. The van der Waals surface area contributed by atoms with Crippen molar-refractivity contribution < 1.29 is 14.3 Å². The average Bonchev–Trinajstić information content (AvgIpc) is 3.34. The lowest BCUT2D eigenvalue weighted by molar-refractivity contribution is -0.137. The van der Waals surface area contributed by atoms with Crippen molar-refractivity contribution in [2.75, 3.05) is 20.3 Å². The van der Waals surface area contributed by atoms with E-state index >= 15 is 0 Å². The van der Waals surface area contributed by atoms with Crippen molar-refractivity contribution in [3.8, 4) is 16.9 Å². The Kier molecular flexibility index (Phi) is 7.01. The van der Waals surface area contributed by atoms with E-state index < -0.39 is 0 Å². The largest absolute Gasteiger partial charge is 0.494 e. The number of amides is 1. The maximum atomic E-state index is 13.1. The van der Waals surface area contributed by atoms with E-state index in [0.29, 0.717) is 13.0 Å². The van der Waals surface area contributed by atoms with E-state index in [4.69, 9.17) is 19.6 Å². The van der Waals surface area contributed by atoms with Crippen molar-refractivity contribution in [2.45, 2.75) is 33.2 Å². The van der Waals surface area contributed by atoms with E-state index in [2.05, 4.69) is 37.3 Å². The minimum atomic E-state index is -0.245. The third-order valence-corrected chi connectivity index (χ3v) is 6.71. The van der Waals surface area contributed by atoms with E-state index in [1.807, 2.05) is 56.3 Å². The number of pyridine rings is 1. The number of para-hydroxylation sites is 1. The number of aryl methyl sites for hydroxylation is 2. The van der Waals surface area contributed by atoms with E-state index in [1.54, 1.807) is 5.01 Å². The molecule has 6 heteroatoms. The summed E-state index contributed by atoms with van der Waals surface area (Å²) in [4.78, 5) is 18.1. The van der Waals surface area contributed by atoms with Crippen molar-refractivity contribution in [3.63, 3.8) is 0 Å². The van der Waals surface area contributed by atoms with Crippen LogP contribution in [0.4, 0.5) is 0 Å². The van der Waals surface area contributed by atoms with E-state index in [0.717, 1.165) is 50.3 Å². The van der Waals surface area contributed by atoms with Gasteiger partial charge in [-0.3, -0.25) is 9.78 Å². The molecule has 0 N–H and O–H groups in total. The molecule has 1 atom stereocenters. The van der Waals surface area contributed by atoms with Crippen LogP contribution in [-0.4, -0.2) is 41.9 Å². The number of ether oxygens (including phenoxy) is 2. The summed E-state index contributed by atoms with van der Waals surface area (Å²) in [6.07, 6.45) is 0.573. The van der Waals surface area contributed by atoms with Crippen LogP contribution in [0.3, 0.4) is 0 Å². The molecule has 2 heterocycles. The molecule has 0 radical (unpaired) electrons. The van der Waals surface area contributed by atoms with Crippen molar-refractivity contribution in [1.29, 1.82) is 0 Å². The van der Waals surface area contributed by atoms with Gasteiger partial charge in [0, 0.05) is 35.7 Å². The number of hydrazone groups is 1. The highest BCUT2D eigenvalue weighted by molar-refractivity contribution is 6.14. The predicted molar refractivity (Wildman–Crippen MR) is 147 cm³/mol. The molecule has 0 bridgehead atoms. The molecule has 1 aliphatic heterocycles.